The second-order valence-corrected chi connectivity index (χ2v) is 4.03. The van der Waals surface area contributed by atoms with Gasteiger partial charge in [-0.3, -0.25) is 4.79 Å². The Morgan fingerprint density at radius 2 is 2.00 bits per heavy atom. The molecule has 0 unspecified atom stereocenters. The number of nitrogens with zero attached hydrogens (tertiary/aromatic N) is 4. The summed E-state index contributed by atoms with van der Waals surface area (Å²) in [6, 6.07) is 11.2. The lowest BCUT2D eigenvalue weighted by molar-refractivity contribution is 0.0982. The molecule has 1 aromatic carbocycles. The number of nitriles is 1. The topological polar surface area (TPSA) is 95.9 Å². The zero-order valence-corrected chi connectivity index (χ0v) is 10.7. The van der Waals surface area contributed by atoms with Crippen LogP contribution in [0.5, 0.6) is 0 Å². The van der Waals surface area contributed by atoms with E-state index in [1.165, 1.54) is 17.3 Å². The molecule has 6 heteroatoms. The van der Waals surface area contributed by atoms with Crippen LogP contribution in [0.4, 0.5) is 11.5 Å². The van der Waals surface area contributed by atoms with Crippen molar-refractivity contribution in [1.82, 2.24) is 9.97 Å². The molecule has 0 radical (unpaired) electrons. The molecule has 2 rings (SSSR count). The number of nitrogen functional groups attached to an aromatic ring is 1. The monoisotopic (exact) mass is 267 g/mol. The van der Waals surface area contributed by atoms with Crippen molar-refractivity contribution >= 4 is 17.4 Å². The van der Waals surface area contributed by atoms with Crippen LogP contribution in [0.2, 0.25) is 0 Å². The highest BCUT2D eigenvalue weighted by molar-refractivity contribution is 6.04. The molecular weight excluding hydrogens is 254 g/mol. The smallest absolute Gasteiger partial charge is 0.278 e. The number of rotatable bonds is 4. The van der Waals surface area contributed by atoms with Crippen molar-refractivity contribution in [2.45, 2.75) is 6.42 Å². The van der Waals surface area contributed by atoms with Gasteiger partial charge in [-0.05, 0) is 12.1 Å². The molecule has 1 heterocycles. The Morgan fingerprint density at radius 3 is 2.60 bits per heavy atom. The lowest BCUT2D eigenvalue weighted by Crippen LogP contribution is -2.32. The average Bonchev–Trinajstić information content (AvgIpc) is 2.49. The molecule has 2 aromatic rings. The van der Waals surface area contributed by atoms with Crippen molar-refractivity contribution in [3.8, 4) is 6.07 Å². The van der Waals surface area contributed by atoms with Crippen molar-refractivity contribution in [3.05, 3.63) is 48.4 Å². The van der Waals surface area contributed by atoms with Crippen LogP contribution >= 0.6 is 0 Å². The zero-order valence-electron chi connectivity index (χ0n) is 10.7. The minimum atomic E-state index is -0.307. The Hall–Kier alpha value is -2.94. The summed E-state index contributed by atoms with van der Waals surface area (Å²) in [5, 5.41) is 8.72. The van der Waals surface area contributed by atoms with Gasteiger partial charge < -0.3 is 10.6 Å². The molecule has 0 aliphatic heterocycles. The van der Waals surface area contributed by atoms with Crippen LogP contribution < -0.4 is 10.6 Å². The third-order valence-electron chi connectivity index (χ3n) is 2.65. The maximum atomic E-state index is 12.4. The summed E-state index contributed by atoms with van der Waals surface area (Å²) < 4.78 is 0. The maximum absolute atomic E-state index is 12.4. The molecule has 0 fully saturated rings. The van der Waals surface area contributed by atoms with E-state index in [-0.39, 0.29) is 23.8 Å². The summed E-state index contributed by atoms with van der Waals surface area (Å²) in [6.45, 7) is 0.297. The second-order valence-electron chi connectivity index (χ2n) is 4.03. The quantitative estimate of drug-likeness (QED) is 0.908. The van der Waals surface area contributed by atoms with Crippen molar-refractivity contribution in [2.24, 2.45) is 0 Å². The highest BCUT2D eigenvalue weighted by atomic mass is 16.2. The fourth-order valence-corrected chi connectivity index (χ4v) is 1.70. The van der Waals surface area contributed by atoms with Gasteiger partial charge in [0.2, 0.25) is 0 Å². The minimum Gasteiger partial charge on any atom is -0.382 e. The number of carbonyl (C=O) groups excluding carboxylic acids is 1. The van der Waals surface area contributed by atoms with Crippen molar-refractivity contribution < 1.29 is 4.79 Å². The standard InChI is InChI=1S/C14H13N5O/c15-7-4-8-19(11-5-2-1-3-6-11)14(20)12-9-18-13(16)10-17-12/h1-3,5-6,9-10H,4,8H2,(H2,16,18). The van der Waals surface area contributed by atoms with Gasteiger partial charge in [0, 0.05) is 12.2 Å². The van der Waals surface area contributed by atoms with Gasteiger partial charge in [0.25, 0.3) is 5.91 Å². The van der Waals surface area contributed by atoms with Crippen LogP contribution in [-0.4, -0.2) is 22.4 Å². The molecule has 2 N–H and O–H groups in total. The van der Waals surface area contributed by atoms with Gasteiger partial charge in [-0.15, -0.1) is 0 Å². The van der Waals surface area contributed by atoms with Crippen LogP contribution in [0.25, 0.3) is 0 Å². The van der Waals surface area contributed by atoms with Crippen LogP contribution in [-0.2, 0) is 0 Å². The van der Waals surface area contributed by atoms with E-state index in [1.54, 1.807) is 12.1 Å². The maximum Gasteiger partial charge on any atom is 0.278 e. The van der Waals surface area contributed by atoms with Gasteiger partial charge in [0.15, 0.2) is 0 Å². The molecule has 0 bridgehead atoms. The normalized spacial score (nSPS) is 9.75. The van der Waals surface area contributed by atoms with E-state index in [0.717, 1.165) is 0 Å². The van der Waals surface area contributed by atoms with Crippen molar-refractivity contribution in [2.75, 3.05) is 17.2 Å². The van der Waals surface area contributed by atoms with Crippen molar-refractivity contribution in [3.63, 3.8) is 0 Å². The van der Waals surface area contributed by atoms with Gasteiger partial charge in [0.1, 0.15) is 11.5 Å². The molecule has 1 aromatic heterocycles. The largest absolute Gasteiger partial charge is 0.382 e. The molecule has 1 amide bonds. The third kappa shape index (κ3) is 3.09. The Balaban J connectivity index is 2.29. The Labute approximate surface area is 116 Å². The Morgan fingerprint density at radius 1 is 1.25 bits per heavy atom. The van der Waals surface area contributed by atoms with Gasteiger partial charge >= 0.3 is 0 Å². The first kappa shape index (κ1) is 13.5. The fourth-order valence-electron chi connectivity index (χ4n) is 1.70. The first-order chi connectivity index (χ1) is 9.72. The molecule has 0 atom stereocenters. The van der Waals surface area contributed by atoms with Crippen LogP contribution in [0.15, 0.2) is 42.7 Å². The van der Waals surface area contributed by atoms with E-state index >= 15 is 0 Å². The van der Waals surface area contributed by atoms with Gasteiger partial charge in [-0.2, -0.15) is 5.26 Å². The van der Waals surface area contributed by atoms with Crippen LogP contribution in [0, 0.1) is 11.3 Å². The summed E-state index contributed by atoms with van der Waals surface area (Å²) in [5.74, 6) is -0.0521. The van der Waals surface area contributed by atoms with Gasteiger partial charge in [-0.25, -0.2) is 9.97 Å². The molecule has 20 heavy (non-hydrogen) atoms. The zero-order chi connectivity index (χ0) is 14.4. The molecule has 6 nitrogen and oxygen atoms in total. The molecule has 100 valence electrons. The number of carbonyl (C=O) groups is 1. The molecule has 0 saturated carbocycles. The molecule has 0 saturated heterocycles. The summed E-state index contributed by atoms with van der Waals surface area (Å²) in [6.07, 6.45) is 2.91. The van der Waals surface area contributed by atoms with Crippen molar-refractivity contribution in [1.29, 1.82) is 5.26 Å². The van der Waals surface area contributed by atoms with E-state index in [9.17, 15) is 4.79 Å². The summed E-state index contributed by atoms with van der Waals surface area (Å²) in [4.78, 5) is 21.8. The lowest BCUT2D eigenvalue weighted by Gasteiger charge is -2.21. The Bertz CT molecular complexity index is 618. The number of para-hydroxylation sites is 1. The van der Waals surface area contributed by atoms with Gasteiger partial charge in [-0.1, -0.05) is 18.2 Å². The highest BCUT2D eigenvalue weighted by Gasteiger charge is 2.18. The van der Waals surface area contributed by atoms with E-state index in [2.05, 4.69) is 9.97 Å². The number of hydrogen-bond donors (Lipinski definition) is 1. The molecule has 0 spiro atoms. The van der Waals surface area contributed by atoms with E-state index in [4.69, 9.17) is 11.0 Å². The highest BCUT2D eigenvalue weighted by Crippen LogP contribution is 2.16. The van der Waals surface area contributed by atoms with Crippen LogP contribution in [0.3, 0.4) is 0 Å². The number of benzene rings is 1. The van der Waals surface area contributed by atoms with E-state index < -0.39 is 0 Å². The number of anilines is 2. The lowest BCUT2D eigenvalue weighted by atomic mass is 10.2. The number of aromatic nitrogens is 2. The predicted molar refractivity (Wildman–Crippen MR) is 74.8 cm³/mol. The summed E-state index contributed by atoms with van der Waals surface area (Å²) in [5.41, 5.74) is 6.36. The van der Waals surface area contributed by atoms with E-state index in [0.29, 0.717) is 12.2 Å². The second kappa shape index (κ2) is 6.29. The SMILES string of the molecule is N#CCCN(C(=O)c1cnc(N)cn1)c1ccccc1. The predicted octanol–water partition coefficient (Wildman–Crippen LogP) is 1.62. The number of hydrogen-bond acceptors (Lipinski definition) is 5. The van der Waals surface area contributed by atoms with Gasteiger partial charge in [0.05, 0.1) is 24.9 Å². The first-order valence-electron chi connectivity index (χ1n) is 6.04. The fraction of sp³-hybridized carbons (Fsp3) is 0.143. The number of nitrogens with two attached hydrogens (primary N) is 1. The van der Waals surface area contributed by atoms with Crippen LogP contribution in [0.1, 0.15) is 16.9 Å². The molecule has 0 aliphatic carbocycles. The molecular formula is C14H13N5O. The average molecular weight is 267 g/mol. The minimum absolute atomic E-state index is 0.195. The first-order valence-corrected chi connectivity index (χ1v) is 6.04. The summed E-state index contributed by atoms with van der Waals surface area (Å²) in [7, 11) is 0. The Kier molecular flexibility index (Phi) is 4.24. The summed E-state index contributed by atoms with van der Waals surface area (Å²) >= 11 is 0. The van der Waals surface area contributed by atoms with E-state index in [1.807, 2.05) is 24.3 Å². The molecule has 0 aliphatic rings. The third-order valence-corrected chi connectivity index (χ3v) is 2.65. The number of amides is 1.